The first-order chi connectivity index (χ1) is 11.0. The Kier molecular flexibility index (Phi) is 5.84. The van der Waals surface area contributed by atoms with E-state index in [0.29, 0.717) is 0 Å². The van der Waals surface area contributed by atoms with Gasteiger partial charge in [-0.2, -0.15) is 10.4 Å². The fraction of sp³-hybridized carbons (Fsp3) is 0.333. The van der Waals surface area contributed by atoms with E-state index in [-0.39, 0.29) is 17.1 Å². The van der Waals surface area contributed by atoms with Gasteiger partial charge in [0.2, 0.25) is 5.71 Å². The fourth-order valence-corrected chi connectivity index (χ4v) is 1.57. The van der Waals surface area contributed by atoms with Crippen molar-refractivity contribution in [1.82, 2.24) is 0 Å². The maximum atomic E-state index is 13.6. The van der Waals surface area contributed by atoms with Crippen molar-refractivity contribution in [2.45, 2.75) is 26.4 Å². The molecule has 0 saturated carbocycles. The third-order valence-corrected chi connectivity index (χ3v) is 2.64. The van der Waals surface area contributed by atoms with Crippen molar-refractivity contribution in [3.63, 3.8) is 0 Å². The van der Waals surface area contributed by atoms with E-state index in [1.807, 2.05) is 0 Å². The van der Waals surface area contributed by atoms with Crippen molar-refractivity contribution in [3.05, 3.63) is 24.0 Å². The maximum Gasteiger partial charge on any atom is 0.414 e. The van der Waals surface area contributed by atoms with Gasteiger partial charge in [0.05, 0.1) is 11.4 Å². The number of rotatable bonds is 4. The molecule has 1 rings (SSSR count). The van der Waals surface area contributed by atoms with Crippen LogP contribution < -0.4 is 16.1 Å². The smallest absolute Gasteiger partial charge is 0.414 e. The number of nitrogens with zero attached hydrogens (tertiary/aromatic N) is 3. The van der Waals surface area contributed by atoms with Gasteiger partial charge in [-0.05, 0) is 39.0 Å². The number of benzene rings is 1. The largest absolute Gasteiger partial charge is 0.443 e. The molecular weight excluding hydrogens is 315 g/mol. The minimum Gasteiger partial charge on any atom is -0.443 e. The molecule has 0 spiro atoms. The molecule has 4 N–H and O–H groups in total. The molecule has 0 fully saturated rings. The summed E-state index contributed by atoms with van der Waals surface area (Å²) < 4.78 is 18.8. The number of hydrazone groups is 1. The number of carbonyl (C=O) groups is 1. The number of hydrogen-bond donors (Lipinski definition) is 3. The van der Waals surface area contributed by atoms with Crippen LogP contribution in [0.2, 0.25) is 0 Å². The topological polar surface area (TPSA) is 128 Å². The lowest BCUT2D eigenvalue weighted by Gasteiger charge is -2.25. The van der Waals surface area contributed by atoms with Gasteiger partial charge < -0.3 is 10.5 Å². The Bertz CT molecular complexity index is 718. The zero-order chi connectivity index (χ0) is 18.5. The summed E-state index contributed by atoms with van der Waals surface area (Å²) in [6.45, 7) is 5.12. The van der Waals surface area contributed by atoms with Gasteiger partial charge in [-0.3, -0.25) is 15.7 Å². The standard InChI is InChI=1S/C15H19FN6O2/c1-15(2,3)24-14(23)22(4)12-7-9(16)5-6-10(12)20-21-11(8-17)13(18)19/h5-7,20H,1-4H3,(H3,18,19)/b21-11+. The van der Waals surface area contributed by atoms with Crippen LogP contribution in [0.3, 0.4) is 0 Å². The number of hydrogen-bond acceptors (Lipinski definition) is 6. The highest BCUT2D eigenvalue weighted by atomic mass is 19.1. The number of nitriles is 1. The molecule has 128 valence electrons. The zero-order valence-electron chi connectivity index (χ0n) is 13.8. The lowest BCUT2D eigenvalue weighted by Crippen LogP contribution is -2.34. The summed E-state index contributed by atoms with van der Waals surface area (Å²) in [6.07, 6.45) is -0.688. The second kappa shape index (κ2) is 7.41. The molecule has 9 heteroatoms. The van der Waals surface area contributed by atoms with E-state index in [4.69, 9.17) is 21.1 Å². The third kappa shape index (κ3) is 5.24. The first-order valence-electron chi connectivity index (χ1n) is 6.89. The molecule has 1 amide bonds. The second-order valence-corrected chi connectivity index (χ2v) is 5.80. The molecule has 0 aliphatic carbocycles. The Labute approximate surface area is 139 Å². The van der Waals surface area contributed by atoms with Crippen LogP contribution in [-0.4, -0.2) is 30.3 Å². The first kappa shape index (κ1) is 18.9. The van der Waals surface area contributed by atoms with Crippen LogP contribution in [0, 0.1) is 22.6 Å². The molecule has 8 nitrogen and oxygen atoms in total. The molecule has 24 heavy (non-hydrogen) atoms. The minimum atomic E-state index is -0.715. The number of ether oxygens (including phenoxy) is 1. The Balaban J connectivity index is 3.15. The van der Waals surface area contributed by atoms with Gasteiger partial charge >= 0.3 is 6.09 Å². The summed E-state index contributed by atoms with van der Waals surface area (Å²) in [7, 11) is 1.41. The number of nitrogens with two attached hydrogens (primary N) is 1. The van der Waals surface area contributed by atoms with Gasteiger partial charge in [0.25, 0.3) is 0 Å². The van der Waals surface area contributed by atoms with Crippen molar-refractivity contribution in [2.24, 2.45) is 10.8 Å². The van der Waals surface area contributed by atoms with Gasteiger partial charge in [0.15, 0.2) is 5.84 Å². The van der Waals surface area contributed by atoms with E-state index in [0.717, 1.165) is 17.0 Å². The van der Waals surface area contributed by atoms with Gasteiger partial charge in [0.1, 0.15) is 17.5 Å². The van der Waals surface area contributed by atoms with Crippen LogP contribution in [-0.2, 0) is 4.74 Å². The first-order valence-corrected chi connectivity index (χ1v) is 6.89. The van der Waals surface area contributed by atoms with Crippen molar-refractivity contribution in [1.29, 1.82) is 10.7 Å². The number of carbonyl (C=O) groups excluding carboxylic acids is 1. The monoisotopic (exact) mass is 334 g/mol. The number of amidine groups is 1. The lowest BCUT2D eigenvalue weighted by atomic mass is 10.2. The Morgan fingerprint density at radius 3 is 2.62 bits per heavy atom. The summed E-state index contributed by atoms with van der Waals surface area (Å²) >= 11 is 0. The van der Waals surface area contributed by atoms with E-state index in [2.05, 4.69) is 10.5 Å². The fourth-order valence-electron chi connectivity index (χ4n) is 1.57. The number of halogens is 1. The Morgan fingerprint density at radius 1 is 1.50 bits per heavy atom. The van der Waals surface area contributed by atoms with E-state index in [1.54, 1.807) is 26.8 Å². The predicted octanol–water partition coefficient (Wildman–Crippen LogP) is 2.42. The predicted molar refractivity (Wildman–Crippen MR) is 89.6 cm³/mol. The van der Waals surface area contributed by atoms with Crippen molar-refractivity contribution in [3.8, 4) is 6.07 Å². The highest BCUT2D eigenvalue weighted by Crippen LogP contribution is 2.27. The summed E-state index contributed by atoms with van der Waals surface area (Å²) in [5.74, 6) is -1.09. The minimum absolute atomic E-state index is 0.147. The van der Waals surface area contributed by atoms with Gasteiger partial charge in [0, 0.05) is 7.05 Å². The molecule has 1 aromatic rings. The second-order valence-electron chi connectivity index (χ2n) is 5.80. The zero-order valence-corrected chi connectivity index (χ0v) is 13.8. The molecule has 0 aromatic heterocycles. The average molecular weight is 334 g/mol. The maximum absolute atomic E-state index is 13.6. The van der Waals surface area contributed by atoms with Crippen LogP contribution in [0.5, 0.6) is 0 Å². The number of amides is 1. The highest BCUT2D eigenvalue weighted by molar-refractivity contribution is 6.45. The molecular formula is C15H19FN6O2. The van der Waals surface area contributed by atoms with E-state index in [9.17, 15) is 9.18 Å². The van der Waals surface area contributed by atoms with Crippen LogP contribution in [0.15, 0.2) is 23.3 Å². The highest BCUT2D eigenvalue weighted by Gasteiger charge is 2.22. The van der Waals surface area contributed by atoms with Gasteiger partial charge in [-0.15, -0.1) is 0 Å². The molecule has 0 unspecified atom stereocenters. The van der Waals surface area contributed by atoms with Crippen molar-refractivity contribution >= 4 is 29.0 Å². The number of nitrogens with one attached hydrogen (secondary N) is 2. The Morgan fingerprint density at radius 2 is 2.12 bits per heavy atom. The molecule has 0 radical (unpaired) electrons. The van der Waals surface area contributed by atoms with Gasteiger partial charge in [-0.1, -0.05) is 0 Å². The molecule has 0 heterocycles. The number of anilines is 2. The molecule has 0 bridgehead atoms. The summed E-state index contributed by atoms with van der Waals surface area (Å²) in [5, 5.41) is 19.7. The van der Waals surface area contributed by atoms with E-state index >= 15 is 0 Å². The summed E-state index contributed by atoms with van der Waals surface area (Å²) in [5.41, 5.74) is 7.02. The normalized spacial score (nSPS) is 11.4. The lowest BCUT2D eigenvalue weighted by molar-refractivity contribution is 0.0589. The van der Waals surface area contributed by atoms with Crippen molar-refractivity contribution < 1.29 is 13.9 Å². The van der Waals surface area contributed by atoms with Crippen LogP contribution in [0.1, 0.15) is 20.8 Å². The quantitative estimate of drug-likeness (QED) is 0.442. The van der Waals surface area contributed by atoms with Crippen LogP contribution in [0.4, 0.5) is 20.6 Å². The van der Waals surface area contributed by atoms with Crippen LogP contribution in [0.25, 0.3) is 0 Å². The molecule has 0 saturated heterocycles. The SMILES string of the molecule is CN(C(=O)OC(C)(C)C)c1cc(F)ccc1N/N=C(\C#N)C(=N)N. The summed E-state index contributed by atoms with van der Waals surface area (Å²) in [4.78, 5) is 13.2. The van der Waals surface area contributed by atoms with Crippen LogP contribution >= 0.6 is 0 Å². The summed E-state index contributed by atoms with van der Waals surface area (Å²) in [6, 6.07) is 5.25. The van der Waals surface area contributed by atoms with Crippen molar-refractivity contribution in [2.75, 3.05) is 17.4 Å². The molecule has 1 aromatic carbocycles. The van der Waals surface area contributed by atoms with E-state index in [1.165, 1.54) is 13.1 Å². The van der Waals surface area contributed by atoms with Gasteiger partial charge in [-0.25, -0.2) is 9.18 Å². The molecule has 0 atom stereocenters. The van der Waals surface area contributed by atoms with E-state index < -0.39 is 23.3 Å². The average Bonchev–Trinajstić information content (AvgIpc) is 2.46. The Hall–Kier alpha value is -3.15. The third-order valence-electron chi connectivity index (χ3n) is 2.64. The molecule has 0 aliphatic rings. The molecule has 0 aliphatic heterocycles.